The van der Waals surface area contributed by atoms with Gasteiger partial charge in [0.2, 0.25) is 14.3 Å². The van der Waals surface area contributed by atoms with E-state index in [4.69, 9.17) is 9.47 Å². The molecule has 2 fully saturated rings. The summed E-state index contributed by atoms with van der Waals surface area (Å²) in [5.74, 6) is -2.53. The Morgan fingerprint density at radius 3 is 2.32 bits per heavy atom. The zero-order valence-corrected chi connectivity index (χ0v) is 30.5. The number of para-hydroxylation sites is 1. The lowest BCUT2D eigenvalue weighted by atomic mass is 9.82. The maximum atomic E-state index is 16.6. The molecule has 0 aliphatic carbocycles. The van der Waals surface area contributed by atoms with Crippen LogP contribution in [0.3, 0.4) is 0 Å². The first-order valence-corrected chi connectivity index (χ1v) is 20.7. The van der Waals surface area contributed by atoms with Gasteiger partial charge < -0.3 is 49.3 Å². The average molecular weight is 750 g/mol. The zero-order chi connectivity index (χ0) is 38.0. The predicted octanol–water partition coefficient (Wildman–Crippen LogP) is 2.21. The molecule has 4 aliphatic rings. The monoisotopic (exact) mass is 749 g/mol. The fourth-order valence-corrected chi connectivity index (χ4v) is 11.2. The molecule has 10 atom stereocenters. The van der Waals surface area contributed by atoms with Gasteiger partial charge in [0.1, 0.15) is 18.3 Å². The van der Waals surface area contributed by atoms with Crippen molar-refractivity contribution < 1.29 is 53.5 Å². The lowest BCUT2D eigenvalue weighted by Crippen LogP contribution is -2.60. The van der Waals surface area contributed by atoms with Crippen LogP contribution in [0, 0.1) is 5.92 Å². The number of anilines is 3. The van der Waals surface area contributed by atoms with E-state index in [1.165, 1.54) is 30.1 Å². The smallest absolute Gasteiger partial charge is 0.268 e. The Morgan fingerprint density at radius 2 is 1.64 bits per heavy atom. The Balaban J connectivity index is 1.25. The number of fused-ring (bicyclic) bond motifs is 3. The molecule has 3 aromatic rings. The summed E-state index contributed by atoms with van der Waals surface area (Å²) < 4.78 is 28.5. The fourth-order valence-electron chi connectivity index (χ4n) is 8.71. The molecule has 3 aromatic carbocycles. The average Bonchev–Trinajstić information content (AvgIpc) is 3.57. The van der Waals surface area contributed by atoms with Crippen molar-refractivity contribution in [2.24, 2.45) is 5.92 Å². The van der Waals surface area contributed by atoms with Gasteiger partial charge in [0, 0.05) is 34.9 Å². The first kappa shape index (κ1) is 37.3. The van der Waals surface area contributed by atoms with Crippen LogP contribution in [0.5, 0.6) is 0 Å². The summed E-state index contributed by atoms with van der Waals surface area (Å²) in [5, 5.41) is 53.3. The molecule has 4 aliphatic heterocycles. The number of carbonyl (C=O) groups is 3. The number of nitrogens with zero attached hydrogens (tertiary/aromatic N) is 2. The quantitative estimate of drug-likeness (QED) is 0.154. The summed E-state index contributed by atoms with van der Waals surface area (Å²) in [6, 6.07) is 20.7. The van der Waals surface area contributed by atoms with Gasteiger partial charge in [-0.15, -0.1) is 0 Å². The number of ether oxygens (including phenoxy) is 2. The highest BCUT2D eigenvalue weighted by Gasteiger charge is 2.67. The first-order chi connectivity index (χ1) is 25.2. The number of benzene rings is 3. The highest BCUT2D eigenvalue weighted by molar-refractivity contribution is 6.72. The van der Waals surface area contributed by atoms with E-state index in [1.807, 2.05) is 24.3 Å². The van der Waals surface area contributed by atoms with Crippen molar-refractivity contribution in [2.75, 3.05) is 16.8 Å². The van der Waals surface area contributed by atoms with Gasteiger partial charge in [-0.05, 0) is 61.0 Å². The maximum Gasteiger partial charge on any atom is 0.268 e. The summed E-state index contributed by atoms with van der Waals surface area (Å²) in [5.41, 5.74) is 0.821. The number of hydrogen-bond donors (Lipinski definition) is 6. The number of amides is 3. The normalized spacial score (nSPS) is 32.5. The molecule has 1 spiro atoms. The third-order valence-electron chi connectivity index (χ3n) is 11.3. The van der Waals surface area contributed by atoms with Gasteiger partial charge in [-0.1, -0.05) is 49.4 Å². The molecule has 0 bridgehead atoms. The van der Waals surface area contributed by atoms with Crippen LogP contribution < -0.4 is 10.2 Å². The predicted molar refractivity (Wildman–Crippen MR) is 192 cm³/mol. The molecule has 6 N–H and O–H groups in total. The molecule has 13 nitrogen and oxygen atoms in total. The first-order valence-electron chi connectivity index (χ1n) is 17.7. The van der Waals surface area contributed by atoms with Gasteiger partial charge in [-0.2, -0.15) is 0 Å². The van der Waals surface area contributed by atoms with E-state index in [0.29, 0.717) is 23.4 Å². The van der Waals surface area contributed by atoms with Gasteiger partial charge in [-0.25, -0.2) is 0 Å². The molecule has 2 saturated heterocycles. The zero-order valence-electron chi connectivity index (χ0n) is 29.5. The highest BCUT2D eigenvalue weighted by Crippen LogP contribution is 2.61. The Kier molecular flexibility index (Phi) is 9.82. The Hall–Kier alpha value is -4.06. The molecule has 53 heavy (non-hydrogen) atoms. The van der Waals surface area contributed by atoms with Gasteiger partial charge in [0.25, 0.3) is 11.8 Å². The van der Waals surface area contributed by atoms with E-state index in [1.54, 1.807) is 48.2 Å². The van der Waals surface area contributed by atoms with Crippen molar-refractivity contribution in [1.29, 1.82) is 0 Å². The van der Waals surface area contributed by atoms with Gasteiger partial charge in [0.05, 0.1) is 30.9 Å². The van der Waals surface area contributed by atoms with E-state index in [2.05, 4.69) is 5.32 Å². The van der Waals surface area contributed by atoms with Crippen LogP contribution in [0.1, 0.15) is 30.0 Å². The highest BCUT2D eigenvalue weighted by atomic mass is 28.4. The van der Waals surface area contributed by atoms with Crippen molar-refractivity contribution in [2.45, 2.75) is 93.4 Å². The van der Waals surface area contributed by atoms with Crippen LogP contribution in [0.2, 0.25) is 18.6 Å². The largest absolute Gasteiger partial charge is 0.394 e. The number of halogens is 1. The Morgan fingerprint density at radius 1 is 0.962 bits per heavy atom. The van der Waals surface area contributed by atoms with E-state index in [0.717, 1.165) is 11.1 Å². The minimum Gasteiger partial charge on any atom is -0.394 e. The Bertz CT molecular complexity index is 1900. The second kappa shape index (κ2) is 14.0. The third-order valence-corrected chi connectivity index (χ3v) is 13.7. The van der Waals surface area contributed by atoms with Crippen molar-refractivity contribution in [3.05, 3.63) is 89.5 Å². The van der Waals surface area contributed by atoms with E-state index < -0.39 is 80.1 Å². The summed E-state index contributed by atoms with van der Waals surface area (Å²) >= 11 is 0. The van der Waals surface area contributed by atoms with Crippen molar-refractivity contribution in [3.63, 3.8) is 0 Å². The van der Waals surface area contributed by atoms with Crippen LogP contribution in [-0.4, -0.2) is 106 Å². The molecule has 3 amide bonds. The SMILES string of the molecule is C[C@@H]1[C@@H]([Si](C)(C)F)[C@H](CC(=O)N2Cc3ccccc3C[C@H]2CO)O[C@@]12C(=O)N(c1ccccc1)c1ccc(NC(=O)[C@H]3O[C@@H](O)[C@H](O)[C@@H](O)[C@@H]3O)cc12. The topological polar surface area (TPSA) is 189 Å². The maximum absolute atomic E-state index is 16.6. The summed E-state index contributed by atoms with van der Waals surface area (Å²) in [6.07, 6.45) is -10.0. The van der Waals surface area contributed by atoms with Crippen LogP contribution in [0.25, 0.3) is 0 Å². The molecule has 4 heterocycles. The van der Waals surface area contributed by atoms with Crippen LogP contribution in [0.4, 0.5) is 21.2 Å². The second-order valence-electron chi connectivity index (χ2n) is 14.9. The van der Waals surface area contributed by atoms with Gasteiger partial charge in [0.15, 0.2) is 18.0 Å². The van der Waals surface area contributed by atoms with Crippen molar-refractivity contribution >= 4 is 43.2 Å². The second-order valence-corrected chi connectivity index (χ2v) is 18.7. The number of carbonyl (C=O) groups excluding carboxylic acids is 3. The van der Waals surface area contributed by atoms with Crippen LogP contribution in [0.15, 0.2) is 72.8 Å². The molecule has 7 rings (SSSR count). The molecule has 0 radical (unpaired) electrons. The number of hydrogen-bond acceptors (Lipinski definition) is 10. The molecular formula is C38H44FN3O10Si. The van der Waals surface area contributed by atoms with E-state index in [-0.39, 0.29) is 31.2 Å². The van der Waals surface area contributed by atoms with Crippen molar-refractivity contribution in [1.82, 2.24) is 4.90 Å². The molecule has 0 aromatic heterocycles. The summed E-state index contributed by atoms with van der Waals surface area (Å²) in [7, 11) is -3.68. The van der Waals surface area contributed by atoms with Gasteiger partial charge in [-0.3, -0.25) is 19.3 Å². The number of aliphatic hydroxyl groups excluding tert-OH is 5. The summed E-state index contributed by atoms with van der Waals surface area (Å²) in [6.45, 7) is 4.82. The Labute approximate surface area is 306 Å². The number of aliphatic hydroxyl groups is 5. The molecule has 0 saturated carbocycles. The standard InChI is InChI=1S/C38H44FN3O10Si/c1-20-34(53(2,3)39)28(17-29(44)41-18-22-10-8-7-9-21(22)15-25(41)19-43)52-38(20)26-16-23(40-35(48)33-31(46)30(45)32(47)36(49)51-33)13-14-27(26)42(37(38)50)24-11-5-4-6-12-24/h4-14,16,20,25,28,30-34,36,43,45-47,49H,15,17-19H2,1-3H3,(H,40,48)/t20-,25+,28+,30+,31+,32-,33+,34-,36-,38+/m1/s1. The fraction of sp³-hybridized carbons (Fsp3) is 0.447. The van der Waals surface area contributed by atoms with Gasteiger partial charge >= 0.3 is 0 Å². The van der Waals surface area contributed by atoms with Crippen LogP contribution in [-0.2, 0) is 42.4 Å². The lowest BCUT2D eigenvalue weighted by Gasteiger charge is -2.37. The summed E-state index contributed by atoms with van der Waals surface area (Å²) in [4.78, 5) is 45.5. The van der Waals surface area contributed by atoms with Crippen LogP contribution >= 0.6 is 0 Å². The lowest BCUT2D eigenvalue weighted by molar-refractivity contribution is -0.274. The molecule has 0 unspecified atom stereocenters. The van der Waals surface area contributed by atoms with E-state index in [9.17, 15) is 39.9 Å². The molecular weight excluding hydrogens is 706 g/mol. The minimum atomic E-state index is -3.68. The van der Waals surface area contributed by atoms with E-state index >= 15 is 4.11 Å². The van der Waals surface area contributed by atoms with Crippen molar-refractivity contribution in [3.8, 4) is 0 Å². The number of rotatable bonds is 7. The molecule has 15 heteroatoms. The molecule has 282 valence electrons. The third kappa shape index (κ3) is 6.28. The number of nitrogens with one attached hydrogen (secondary N) is 1. The minimum absolute atomic E-state index is 0.142.